The smallest absolute Gasteiger partial charge is 0.408 e. The number of allylic oxidation sites excluding steroid dienone is 2. The molecular weight excluding hydrogens is 118 g/mol. The molecule has 0 atom stereocenters. The summed E-state index contributed by atoms with van der Waals surface area (Å²) in [7, 11) is 0. The van der Waals surface area contributed by atoms with Crippen LogP contribution in [0.25, 0.3) is 0 Å². The minimum Gasteiger partial charge on any atom is -0.465 e. The van der Waals surface area contributed by atoms with Crippen LogP contribution in [0.5, 0.6) is 0 Å². The van der Waals surface area contributed by atoms with Crippen molar-refractivity contribution in [2.24, 2.45) is 0 Å². The summed E-state index contributed by atoms with van der Waals surface area (Å²) in [6.07, 6.45) is 4.35. The molecule has 0 aliphatic rings. The van der Waals surface area contributed by atoms with E-state index in [2.05, 4.69) is 11.9 Å². The second kappa shape index (κ2) is 4.90. The van der Waals surface area contributed by atoms with Crippen molar-refractivity contribution >= 4 is 6.09 Å². The number of hydrogen-bond acceptors (Lipinski definition) is 1. The number of carboxylic acid groups (broad SMARTS) is 1. The predicted octanol–water partition coefficient (Wildman–Crippen LogP) is 1.34. The number of nitrogens with one attached hydrogen (secondary N) is 1. The summed E-state index contributed by atoms with van der Waals surface area (Å²) in [6, 6.07) is 0. The molecule has 0 aliphatic carbocycles. The van der Waals surface area contributed by atoms with Crippen LogP contribution in [0.1, 0.15) is 6.42 Å². The minimum atomic E-state index is -1.05. The van der Waals surface area contributed by atoms with Crippen molar-refractivity contribution in [1.29, 1.82) is 0 Å². The van der Waals surface area contributed by atoms with Gasteiger partial charge < -0.3 is 5.11 Å². The topological polar surface area (TPSA) is 49.3 Å². The Morgan fingerprint density at radius 3 is 2.89 bits per heavy atom. The first-order valence-corrected chi connectivity index (χ1v) is 2.52. The van der Waals surface area contributed by atoms with Crippen LogP contribution in [0.2, 0.25) is 0 Å². The Kier molecular flexibility index (Phi) is 4.22. The lowest BCUT2D eigenvalue weighted by Crippen LogP contribution is -2.12. The molecule has 0 saturated carbocycles. The van der Waals surface area contributed by atoms with Gasteiger partial charge in [-0.3, -0.25) is 5.32 Å². The maximum Gasteiger partial charge on any atom is 0.408 e. The second-order valence-corrected chi connectivity index (χ2v) is 1.38. The Labute approximate surface area is 53.7 Å². The molecule has 0 rings (SSSR count). The number of hydrogen-bond donors (Lipinski definition) is 2. The van der Waals surface area contributed by atoms with Gasteiger partial charge in [0.1, 0.15) is 0 Å². The zero-order chi connectivity index (χ0) is 7.11. The lowest BCUT2D eigenvalue weighted by molar-refractivity contribution is 0.198. The largest absolute Gasteiger partial charge is 0.465 e. The van der Waals surface area contributed by atoms with E-state index in [0.717, 1.165) is 0 Å². The average Bonchev–Trinajstić information content (AvgIpc) is 1.80. The zero-order valence-electron chi connectivity index (χ0n) is 5.00. The lowest BCUT2D eigenvalue weighted by atomic mass is 10.4. The summed E-state index contributed by atoms with van der Waals surface area (Å²) in [6.45, 7) is 3.45. The maximum absolute atomic E-state index is 9.77. The van der Waals surface area contributed by atoms with E-state index in [1.807, 2.05) is 0 Å². The third kappa shape index (κ3) is 6.75. The van der Waals surface area contributed by atoms with Crippen molar-refractivity contribution in [2.75, 3.05) is 0 Å². The fourth-order valence-corrected chi connectivity index (χ4v) is 0.294. The summed E-state index contributed by atoms with van der Waals surface area (Å²) in [4.78, 5) is 9.77. The summed E-state index contributed by atoms with van der Waals surface area (Å²) >= 11 is 0. The molecule has 0 aromatic heterocycles. The minimum absolute atomic E-state index is 0.681. The van der Waals surface area contributed by atoms with Gasteiger partial charge in [-0.25, -0.2) is 4.79 Å². The Morgan fingerprint density at radius 1 is 1.78 bits per heavy atom. The molecule has 3 nitrogen and oxygen atoms in total. The van der Waals surface area contributed by atoms with E-state index in [9.17, 15) is 4.79 Å². The molecule has 0 fully saturated rings. The standard InChI is InChI=1S/C6H9NO2/c1-2-3-4-5-7-6(8)9/h2,4-5,7H,1,3H2,(H,8,9). The normalized spacial score (nSPS) is 9.33. The van der Waals surface area contributed by atoms with E-state index in [1.54, 1.807) is 12.2 Å². The van der Waals surface area contributed by atoms with E-state index >= 15 is 0 Å². The highest BCUT2D eigenvalue weighted by molar-refractivity contribution is 5.65. The molecule has 0 radical (unpaired) electrons. The van der Waals surface area contributed by atoms with Gasteiger partial charge in [0.05, 0.1) is 0 Å². The third-order valence-electron chi connectivity index (χ3n) is 0.627. The summed E-state index contributed by atoms with van der Waals surface area (Å²) in [5, 5.41) is 10.1. The fraction of sp³-hybridized carbons (Fsp3) is 0.167. The van der Waals surface area contributed by atoms with Crippen LogP contribution in [0.15, 0.2) is 24.9 Å². The van der Waals surface area contributed by atoms with Gasteiger partial charge in [-0.15, -0.1) is 6.58 Å². The van der Waals surface area contributed by atoms with E-state index in [4.69, 9.17) is 5.11 Å². The SMILES string of the molecule is C=CCC=CNC(=O)O. The molecule has 0 unspecified atom stereocenters. The van der Waals surface area contributed by atoms with Crippen molar-refractivity contribution in [3.63, 3.8) is 0 Å². The molecule has 9 heavy (non-hydrogen) atoms. The predicted molar refractivity (Wildman–Crippen MR) is 35.1 cm³/mol. The number of amides is 1. The molecule has 3 heteroatoms. The van der Waals surface area contributed by atoms with Crippen LogP contribution >= 0.6 is 0 Å². The van der Waals surface area contributed by atoms with Gasteiger partial charge in [-0.05, 0) is 6.42 Å². The summed E-state index contributed by atoms with van der Waals surface area (Å²) in [5.74, 6) is 0. The lowest BCUT2D eigenvalue weighted by Gasteiger charge is -1.86. The first kappa shape index (κ1) is 7.75. The first-order chi connectivity index (χ1) is 4.27. The third-order valence-corrected chi connectivity index (χ3v) is 0.627. The Bertz CT molecular complexity index is 129. The van der Waals surface area contributed by atoms with Gasteiger partial charge in [-0.2, -0.15) is 0 Å². The second-order valence-electron chi connectivity index (χ2n) is 1.38. The molecule has 0 spiro atoms. The van der Waals surface area contributed by atoms with E-state index in [0.29, 0.717) is 6.42 Å². The average molecular weight is 127 g/mol. The highest BCUT2D eigenvalue weighted by Crippen LogP contribution is 1.79. The van der Waals surface area contributed by atoms with Crippen molar-refractivity contribution in [2.45, 2.75) is 6.42 Å². The highest BCUT2D eigenvalue weighted by Gasteiger charge is 1.82. The van der Waals surface area contributed by atoms with Crippen molar-refractivity contribution in [3.05, 3.63) is 24.9 Å². The molecule has 50 valence electrons. The van der Waals surface area contributed by atoms with E-state index in [1.165, 1.54) is 6.20 Å². The molecular formula is C6H9NO2. The van der Waals surface area contributed by atoms with Crippen molar-refractivity contribution < 1.29 is 9.90 Å². The number of carbonyl (C=O) groups is 1. The van der Waals surface area contributed by atoms with Gasteiger partial charge in [0, 0.05) is 6.20 Å². The fourth-order valence-electron chi connectivity index (χ4n) is 0.294. The van der Waals surface area contributed by atoms with Gasteiger partial charge >= 0.3 is 6.09 Å². The van der Waals surface area contributed by atoms with Crippen LogP contribution in [-0.2, 0) is 0 Å². The molecule has 1 amide bonds. The molecule has 0 saturated heterocycles. The van der Waals surface area contributed by atoms with Gasteiger partial charge in [0.2, 0.25) is 0 Å². The van der Waals surface area contributed by atoms with Gasteiger partial charge in [-0.1, -0.05) is 12.2 Å². The quantitative estimate of drug-likeness (QED) is 0.562. The Morgan fingerprint density at radius 2 is 2.44 bits per heavy atom. The van der Waals surface area contributed by atoms with Crippen LogP contribution < -0.4 is 5.32 Å². The van der Waals surface area contributed by atoms with Crippen LogP contribution in [0.3, 0.4) is 0 Å². The maximum atomic E-state index is 9.77. The molecule has 0 bridgehead atoms. The van der Waals surface area contributed by atoms with Gasteiger partial charge in [0.25, 0.3) is 0 Å². The zero-order valence-corrected chi connectivity index (χ0v) is 5.00. The van der Waals surface area contributed by atoms with Crippen molar-refractivity contribution in [1.82, 2.24) is 5.32 Å². The monoisotopic (exact) mass is 127 g/mol. The van der Waals surface area contributed by atoms with Crippen LogP contribution in [-0.4, -0.2) is 11.2 Å². The van der Waals surface area contributed by atoms with Gasteiger partial charge in [0.15, 0.2) is 0 Å². The molecule has 0 heterocycles. The Hall–Kier alpha value is -1.25. The number of rotatable bonds is 3. The first-order valence-electron chi connectivity index (χ1n) is 2.52. The van der Waals surface area contributed by atoms with E-state index < -0.39 is 6.09 Å². The van der Waals surface area contributed by atoms with E-state index in [-0.39, 0.29) is 0 Å². The Balaban J connectivity index is 3.24. The molecule has 0 aromatic rings. The summed E-state index contributed by atoms with van der Waals surface area (Å²) in [5.41, 5.74) is 0. The van der Waals surface area contributed by atoms with Crippen molar-refractivity contribution in [3.8, 4) is 0 Å². The summed E-state index contributed by atoms with van der Waals surface area (Å²) < 4.78 is 0. The van der Waals surface area contributed by atoms with Crippen LogP contribution in [0.4, 0.5) is 4.79 Å². The highest BCUT2D eigenvalue weighted by atomic mass is 16.4. The molecule has 2 N–H and O–H groups in total. The molecule has 0 aliphatic heterocycles. The molecule has 0 aromatic carbocycles. The van der Waals surface area contributed by atoms with Crippen LogP contribution in [0, 0.1) is 0 Å².